The van der Waals surface area contributed by atoms with Crippen LogP contribution < -0.4 is 0 Å². The van der Waals surface area contributed by atoms with Gasteiger partial charge >= 0.3 is 5.97 Å². The molecule has 1 aliphatic rings. The fourth-order valence-corrected chi connectivity index (χ4v) is 3.90. The van der Waals surface area contributed by atoms with Crippen LogP contribution in [0.25, 0.3) is 0 Å². The van der Waals surface area contributed by atoms with Gasteiger partial charge in [-0.25, -0.2) is 4.39 Å². The maximum Gasteiger partial charge on any atom is 0.308 e. The largest absolute Gasteiger partial charge is 0.481 e. The van der Waals surface area contributed by atoms with E-state index in [-0.39, 0.29) is 12.5 Å². The molecule has 0 radical (unpaired) electrons. The molecular formula is C20H24FN3O3. The predicted molar refractivity (Wildman–Crippen MR) is 97.8 cm³/mol. The third-order valence-corrected chi connectivity index (χ3v) is 5.51. The van der Waals surface area contributed by atoms with Gasteiger partial charge < -0.3 is 10.0 Å². The van der Waals surface area contributed by atoms with Crippen LogP contribution in [0.15, 0.2) is 24.3 Å². The molecule has 0 spiro atoms. The topological polar surface area (TPSA) is 75.4 Å². The quantitative estimate of drug-likeness (QED) is 0.873. The third kappa shape index (κ3) is 3.86. The maximum atomic E-state index is 13.6. The van der Waals surface area contributed by atoms with Gasteiger partial charge in [-0.3, -0.25) is 14.3 Å². The zero-order chi connectivity index (χ0) is 19.7. The van der Waals surface area contributed by atoms with E-state index in [0.29, 0.717) is 24.9 Å². The van der Waals surface area contributed by atoms with Crippen LogP contribution in [0.1, 0.15) is 34.9 Å². The van der Waals surface area contributed by atoms with Gasteiger partial charge in [-0.05, 0) is 43.5 Å². The number of carboxylic acids is 1. The first kappa shape index (κ1) is 19.1. The molecule has 0 unspecified atom stereocenters. The number of carbonyl (C=O) groups is 2. The van der Waals surface area contributed by atoms with Crippen molar-refractivity contribution >= 4 is 11.9 Å². The number of nitrogens with zero attached hydrogens (tertiary/aromatic N) is 3. The number of likely N-dealkylation sites (tertiary alicyclic amines) is 1. The van der Waals surface area contributed by atoms with Crippen LogP contribution in [0, 0.1) is 25.6 Å². The SMILES string of the molecule is Cc1nn(C)c(C)c1CCC(=O)N1C[C@H](C(=O)O)[C@@H](c2cccc(F)c2)C1. The van der Waals surface area contributed by atoms with Crippen LogP contribution in [-0.2, 0) is 23.1 Å². The Morgan fingerprint density at radius 3 is 2.63 bits per heavy atom. The van der Waals surface area contributed by atoms with Crippen LogP contribution in [0.2, 0.25) is 0 Å². The van der Waals surface area contributed by atoms with Crippen molar-refractivity contribution in [2.45, 2.75) is 32.6 Å². The van der Waals surface area contributed by atoms with Gasteiger partial charge in [0.15, 0.2) is 0 Å². The van der Waals surface area contributed by atoms with Gasteiger partial charge in [-0.2, -0.15) is 5.10 Å². The molecule has 2 aromatic rings. The number of rotatable bonds is 5. The Hall–Kier alpha value is -2.70. The van der Waals surface area contributed by atoms with Gasteiger partial charge in [-0.1, -0.05) is 12.1 Å². The Morgan fingerprint density at radius 1 is 1.30 bits per heavy atom. The lowest BCUT2D eigenvalue weighted by molar-refractivity contribution is -0.141. The maximum absolute atomic E-state index is 13.6. The minimum atomic E-state index is -0.960. The molecule has 6 nitrogen and oxygen atoms in total. The zero-order valence-corrected chi connectivity index (χ0v) is 15.8. The van der Waals surface area contributed by atoms with Crippen molar-refractivity contribution in [2.75, 3.05) is 13.1 Å². The molecule has 0 bridgehead atoms. The van der Waals surface area contributed by atoms with Crippen LogP contribution >= 0.6 is 0 Å². The van der Waals surface area contributed by atoms with Gasteiger partial charge in [0, 0.05) is 38.2 Å². The standard InChI is InChI=1S/C20H24FN3O3/c1-12-16(13(2)23(3)22-12)7-8-19(25)24-10-17(18(11-24)20(26)27)14-5-4-6-15(21)9-14/h4-6,9,17-18H,7-8,10-11H2,1-3H3,(H,26,27)/t17-,18+/m1/s1. The summed E-state index contributed by atoms with van der Waals surface area (Å²) in [6.45, 7) is 4.34. The molecule has 1 aromatic carbocycles. The summed E-state index contributed by atoms with van der Waals surface area (Å²) >= 11 is 0. The molecule has 1 aliphatic heterocycles. The number of carboxylic acid groups (broad SMARTS) is 1. The van der Waals surface area contributed by atoms with Crippen LogP contribution in [0.3, 0.4) is 0 Å². The Labute approximate surface area is 157 Å². The first-order chi connectivity index (χ1) is 12.8. The van der Waals surface area contributed by atoms with E-state index in [4.69, 9.17) is 0 Å². The number of aliphatic carboxylic acids is 1. The van der Waals surface area contributed by atoms with Crippen molar-refractivity contribution < 1.29 is 19.1 Å². The third-order valence-electron chi connectivity index (χ3n) is 5.51. The number of amides is 1. The highest BCUT2D eigenvalue weighted by Crippen LogP contribution is 2.33. The molecule has 0 saturated carbocycles. The molecule has 144 valence electrons. The van der Waals surface area contributed by atoms with Crippen molar-refractivity contribution in [2.24, 2.45) is 13.0 Å². The number of carbonyl (C=O) groups excluding carboxylic acids is 1. The first-order valence-corrected chi connectivity index (χ1v) is 9.03. The van der Waals surface area contributed by atoms with Gasteiger partial charge in [0.25, 0.3) is 0 Å². The minimum absolute atomic E-state index is 0.0807. The molecular weight excluding hydrogens is 349 g/mol. The Kier molecular flexibility index (Phi) is 5.30. The van der Waals surface area contributed by atoms with Gasteiger partial charge in [0.1, 0.15) is 5.82 Å². The van der Waals surface area contributed by atoms with Crippen LogP contribution in [0.4, 0.5) is 4.39 Å². The lowest BCUT2D eigenvalue weighted by Crippen LogP contribution is -2.30. The highest BCUT2D eigenvalue weighted by atomic mass is 19.1. The summed E-state index contributed by atoms with van der Waals surface area (Å²) in [5.74, 6) is -2.56. The second-order valence-corrected chi connectivity index (χ2v) is 7.18. The molecule has 2 atom stereocenters. The molecule has 27 heavy (non-hydrogen) atoms. The lowest BCUT2D eigenvalue weighted by atomic mass is 9.89. The number of benzene rings is 1. The van der Waals surface area contributed by atoms with Crippen LogP contribution in [-0.4, -0.2) is 44.8 Å². The summed E-state index contributed by atoms with van der Waals surface area (Å²) in [5, 5.41) is 13.9. The molecule has 7 heteroatoms. The molecule has 1 saturated heterocycles. The molecule has 3 rings (SSSR count). The van der Waals surface area contributed by atoms with E-state index in [0.717, 1.165) is 17.0 Å². The summed E-state index contributed by atoms with van der Waals surface area (Å²) in [5.41, 5.74) is 3.62. The Morgan fingerprint density at radius 2 is 2.04 bits per heavy atom. The summed E-state index contributed by atoms with van der Waals surface area (Å²) in [7, 11) is 1.87. The number of aromatic nitrogens is 2. The monoisotopic (exact) mass is 373 g/mol. The van der Waals surface area contributed by atoms with E-state index in [1.54, 1.807) is 21.7 Å². The predicted octanol–water partition coefficient (Wildman–Crippen LogP) is 2.44. The Balaban J connectivity index is 1.71. The van der Waals surface area contributed by atoms with Crippen LogP contribution in [0.5, 0.6) is 0 Å². The smallest absolute Gasteiger partial charge is 0.308 e. The summed E-state index contributed by atoms with van der Waals surface area (Å²) < 4.78 is 15.4. The lowest BCUT2D eigenvalue weighted by Gasteiger charge is -2.17. The van der Waals surface area contributed by atoms with Crippen molar-refractivity contribution in [3.05, 3.63) is 52.6 Å². The fraction of sp³-hybridized carbons (Fsp3) is 0.450. The van der Waals surface area contributed by atoms with E-state index >= 15 is 0 Å². The summed E-state index contributed by atoms with van der Waals surface area (Å²) in [6.07, 6.45) is 0.874. The van der Waals surface area contributed by atoms with Gasteiger partial charge in [-0.15, -0.1) is 0 Å². The molecule has 1 aromatic heterocycles. The van der Waals surface area contributed by atoms with Crippen molar-refractivity contribution in [3.63, 3.8) is 0 Å². The van der Waals surface area contributed by atoms with Gasteiger partial charge in [0.2, 0.25) is 5.91 Å². The number of halogens is 1. The first-order valence-electron chi connectivity index (χ1n) is 9.03. The van der Waals surface area contributed by atoms with E-state index in [9.17, 15) is 19.1 Å². The average molecular weight is 373 g/mol. The number of aryl methyl sites for hydroxylation is 2. The normalized spacial score (nSPS) is 19.5. The molecule has 0 aliphatic carbocycles. The van der Waals surface area contributed by atoms with Gasteiger partial charge in [0.05, 0.1) is 11.6 Å². The average Bonchev–Trinajstić information content (AvgIpc) is 3.16. The number of hydrogen-bond acceptors (Lipinski definition) is 3. The highest BCUT2D eigenvalue weighted by Gasteiger charge is 2.40. The van der Waals surface area contributed by atoms with E-state index in [1.165, 1.54) is 12.1 Å². The second kappa shape index (κ2) is 7.50. The van der Waals surface area contributed by atoms with Crippen molar-refractivity contribution in [1.82, 2.24) is 14.7 Å². The highest BCUT2D eigenvalue weighted by molar-refractivity contribution is 5.80. The second-order valence-electron chi connectivity index (χ2n) is 7.18. The number of hydrogen-bond donors (Lipinski definition) is 1. The Bertz CT molecular complexity index is 877. The van der Waals surface area contributed by atoms with E-state index < -0.39 is 23.6 Å². The van der Waals surface area contributed by atoms with E-state index in [2.05, 4.69) is 5.10 Å². The summed E-state index contributed by atoms with van der Waals surface area (Å²) in [4.78, 5) is 26.0. The van der Waals surface area contributed by atoms with Crippen molar-refractivity contribution in [1.29, 1.82) is 0 Å². The van der Waals surface area contributed by atoms with Crippen molar-refractivity contribution in [3.8, 4) is 0 Å². The zero-order valence-electron chi connectivity index (χ0n) is 15.8. The van der Waals surface area contributed by atoms with E-state index in [1.807, 2.05) is 20.9 Å². The molecule has 1 fully saturated rings. The minimum Gasteiger partial charge on any atom is -0.481 e. The summed E-state index contributed by atoms with van der Waals surface area (Å²) in [6, 6.07) is 5.98. The molecule has 2 heterocycles. The molecule has 1 amide bonds. The fourth-order valence-electron chi connectivity index (χ4n) is 3.90. The molecule has 1 N–H and O–H groups in total.